The molecule has 10 heteroatoms. The van der Waals surface area contributed by atoms with Crippen LogP contribution in [0.4, 0.5) is 11.4 Å². The third-order valence-electron chi connectivity index (χ3n) is 3.53. The normalized spacial score (nSPS) is 11.9. The van der Waals surface area contributed by atoms with Gasteiger partial charge in [0.25, 0.3) is 15.7 Å². The molecule has 0 amide bonds. The van der Waals surface area contributed by atoms with E-state index in [-0.39, 0.29) is 26.9 Å². The fourth-order valence-electron chi connectivity index (χ4n) is 2.06. The predicted octanol–water partition coefficient (Wildman–Crippen LogP) is 2.50. The van der Waals surface area contributed by atoms with Crippen LogP contribution >= 0.6 is 0 Å². The van der Waals surface area contributed by atoms with Crippen molar-refractivity contribution in [3.63, 3.8) is 0 Å². The molecular formula is C15H16N2O6S2. The molecule has 2 aromatic rings. The van der Waals surface area contributed by atoms with Gasteiger partial charge in [-0.25, -0.2) is 16.8 Å². The van der Waals surface area contributed by atoms with Gasteiger partial charge in [-0.2, -0.15) is 0 Å². The van der Waals surface area contributed by atoms with E-state index in [0.717, 1.165) is 6.07 Å². The molecule has 0 bridgehead atoms. The van der Waals surface area contributed by atoms with Gasteiger partial charge in [0.05, 0.1) is 20.5 Å². The third kappa shape index (κ3) is 4.15. The lowest BCUT2D eigenvalue weighted by atomic mass is 10.2. The minimum atomic E-state index is -4.04. The molecule has 25 heavy (non-hydrogen) atoms. The van der Waals surface area contributed by atoms with Crippen molar-refractivity contribution in [3.05, 3.63) is 58.1 Å². The van der Waals surface area contributed by atoms with E-state index in [1.54, 1.807) is 0 Å². The summed E-state index contributed by atoms with van der Waals surface area (Å²) in [6.45, 7) is 3.02. The number of rotatable bonds is 6. The van der Waals surface area contributed by atoms with Crippen LogP contribution in [-0.2, 0) is 19.9 Å². The topological polar surface area (TPSA) is 123 Å². The van der Waals surface area contributed by atoms with Gasteiger partial charge in [-0.15, -0.1) is 0 Å². The van der Waals surface area contributed by atoms with Crippen molar-refractivity contribution in [2.24, 2.45) is 0 Å². The molecule has 0 heterocycles. The van der Waals surface area contributed by atoms with Gasteiger partial charge in [0.15, 0.2) is 9.84 Å². The zero-order valence-electron chi connectivity index (χ0n) is 13.5. The monoisotopic (exact) mass is 384 g/mol. The van der Waals surface area contributed by atoms with Crippen molar-refractivity contribution in [1.29, 1.82) is 0 Å². The predicted molar refractivity (Wildman–Crippen MR) is 92.8 cm³/mol. The number of nitrogens with one attached hydrogen (secondary N) is 1. The molecule has 0 atom stereocenters. The van der Waals surface area contributed by atoms with E-state index in [9.17, 15) is 26.9 Å². The van der Waals surface area contributed by atoms with Crippen LogP contribution in [0.1, 0.15) is 12.5 Å². The number of hydrogen-bond acceptors (Lipinski definition) is 6. The summed E-state index contributed by atoms with van der Waals surface area (Å²) in [6.07, 6.45) is 0. The summed E-state index contributed by atoms with van der Waals surface area (Å²) in [5, 5.41) is 11.0. The highest BCUT2D eigenvalue weighted by atomic mass is 32.2. The molecule has 0 radical (unpaired) electrons. The van der Waals surface area contributed by atoms with Crippen molar-refractivity contribution >= 4 is 31.2 Å². The van der Waals surface area contributed by atoms with Crippen molar-refractivity contribution in [3.8, 4) is 0 Å². The van der Waals surface area contributed by atoms with E-state index in [1.165, 1.54) is 50.2 Å². The standard InChI is InChI=1S/C15H16N2O6S2/c1-3-24(20,21)13-8-5-12(6-9-13)16-25(22,23)14-7-4-11(2)15(10-14)17(18)19/h4-10,16H,3H2,1-2H3. The van der Waals surface area contributed by atoms with Gasteiger partial charge in [-0.1, -0.05) is 13.0 Å². The number of sulfone groups is 1. The van der Waals surface area contributed by atoms with Crippen LogP contribution in [0.5, 0.6) is 0 Å². The molecule has 134 valence electrons. The summed E-state index contributed by atoms with van der Waals surface area (Å²) in [4.78, 5) is 10.1. The smallest absolute Gasteiger partial charge is 0.273 e. The lowest BCUT2D eigenvalue weighted by Gasteiger charge is -2.09. The van der Waals surface area contributed by atoms with Crippen LogP contribution < -0.4 is 4.72 Å². The summed E-state index contributed by atoms with van der Waals surface area (Å²) >= 11 is 0. The van der Waals surface area contributed by atoms with E-state index in [4.69, 9.17) is 0 Å². The first kappa shape index (κ1) is 18.9. The van der Waals surface area contributed by atoms with Gasteiger partial charge < -0.3 is 0 Å². The fourth-order valence-corrected chi connectivity index (χ4v) is 4.03. The maximum Gasteiger partial charge on any atom is 0.273 e. The molecule has 8 nitrogen and oxygen atoms in total. The molecule has 1 N–H and O–H groups in total. The molecule has 0 saturated heterocycles. The number of benzene rings is 2. The Kier molecular flexibility index (Phi) is 5.14. The van der Waals surface area contributed by atoms with Crippen LogP contribution in [0.3, 0.4) is 0 Å². The molecule has 0 fully saturated rings. The average Bonchev–Trinajstić information content (AvgIpc) is 2.55. The molecule has 2 rings (SSSR count). The second-order valence-corrected chi connectivity index (χ2v) is 9.20. The van der Waals surface area contributed by atoms with Crippen molar-refractivity contribution in [2.45, 2.75) is 23.6 Å². The lowest BCUT2D eigenvalue weighted by Crippen LogP contribution is -2.13. The molecule has 0 aromatic heterocycles. The van der Waals surface area contributed by atoms with Crippen molar-refractivity contribution in [1.82, 2.24) is 0 Å². The number of nitro groups is 1. The number of hydrogen-bond donors (Lipinski definition) is 1. The Balaban J connectivity index is 2.33. The quantitative estimate of drug-likeness (QED) is 0.603. The summed E-state index contributed by atoms with van der Waals surface area (Å²) in [7, 11) is -7.43. The summed E-state index contributed by atoms with van der Waals surface area (Å²) < 4.78 is 50.5. The lowest BCUT2D eigenvalue weighted by molar-refractivity contribution is -0.385. The van der Waals surface area contributed by atoms with E-state index in [2.05, 4.69) is 4.72 Å². The van der Waals surface area contributed by atoms with Gasteiger partial charge in [0.1, 0.15) is 0 Å². The first-order valence-electron chi connectivity index (χ1n) is 7.17. The molecule has 0 aliphatic rings. The SMILES string of the molecule is CCS(=O)(=O)c1ccc(NS(=O)(=O)c2ccc(C)c([N+](=O)[O-])c2)cc1. The highest BCUT2D eigenvalue weighted by Crippen LogP contribution is 2.24. The highest BCUT2D eigenvalue weighted by molar-refractivity contribution is 7.92. The van der Waals surface area contributed by atoms with Gasteiger partial charge >= 0.3 is 0 Å². The molecule has 0 spiro atoms. The fraction of sp³-hybridized carbons (Fsp3) is 0.200. The maximum atomic E-state index is 12.4. The summed E-state index contributed by atoms with van der Waals surface area (Å²) in [5.74, 6) is -0.0644. The van der Waals surface area contributed by atoms with E-state index in [1.807, 2.05) is 0 Å². The largest absolute Gasteiger partial charge is 0.280 e. The number of nitrogens with zero attached hydrogens (tertiary/aromatic N) is 1. The third-order valence-corrected chi connectivity index (χ3v) is 6.66. The van der Waals surface area contributed by atoms with Gasteiger partial charge in [0, 0.05) is 17.3 Å². The van der Waals surface area contributed by atoms with Crippen LogP contribution in [-0.4, -0.2) is 27.5 Å². The van der Waals surface area contributed by atoms with E-state index in [0.29, 0.717) is 5.56 Å². The van der Waals surface area contributed by atoms with Crippen molar-refractivity contribution in [2.75, 3.05) is 10.5 Å². The first-order valence-corrected chi connectivity index (χ1v) is 10.3. The van der Waals surface area contributed by atoms with Gasteiger partial charge in [0.2, 0.25) is 0 Å². The second-order valence-electron chi connectivity index (χ2n) is 5.24. The number of aryl methyl sites for hydroxylation is 1. The molecule has 2 aromatic carbocycles. The van der Waals surface area contributed by atoms with E-state index < -0.39 is 24.8 Å². The first-order chi connectivity index (χ1) is 11.6. The minimum Gasteiger partial charge on any atom is -0.280 e. The number of nitro benzene ring substituents is 1. The van der Waals surface area contributed by atoms with Crippen LogP contribution in [0.2, 0.25) is 0 Å². The Labute approximate surface area is 145 Å². The highest BCUT2D eigenvalue weighted by Gasteiger charge is 2.20. The van der Waals surface area contributed by atoms with Gasteiger partial charge in [-0.05, 0) is 37.3 Å². The number of sulfonamides is 1. The van der Waals surface area contributed by atoms with Gasteiger partial charge in [-0.3, -0.25) is 14.8 Å². The molecular weight excluding hydrogens is 368 g/mol. The molecule has 0 aliphatic heterocycles. The summed E-state index contributed by atoms with van der Waals surface area (Å²) in [5.41, 5.74) is 0.198. The maximum absolute atomic E-state index is 12.4. The van der Waals surface area contributed by atoms with E-state index >= 15 is 0 Å². The molecule has 0 aliphatic carbocycles. The van der Waals surface area contributed by atoms with Crippen LogP contribution in [0.25, 0.3) is 0 Å². The minimum absolute atomic E-state index is 0.0644. The van der Waals surface area contributed by atoms with Crippen molar-refractivity contribution < 1.29 is 21.8 Å². The second kappa shape index (κ2) is 6.81. The Morgan fingerprint density at radius 3 is 2.08 bits per heavy atom. The zero-order chi connectivity index (χ0) is 18.8. The average molecular weight is 384 g/mol. The Morgan fingerprint density at radius 1 is 1.00 bits per heavy atom. The summed E-state index contributed by atoms with van der Waals surface area (Å²) in [6, 6.07) is 8.84. The Morgan fingerprint density at radius 2 is 1.56 bits per heavy atom. The van der Waals surface area contributed by atoms with Crippen LogP contribution in [0, 0.1) is 17.0 Å². The van der Waals surface area contributed by atoms with Crippen LogP contribution in [0.15, 0.2) is 52.3 Å². The Hall–Kier alpha value is -2.46. The molecule has 0 unspecified atom stereocenters. The zero-order valence-corrected chi connectivity index (χ0v) is 15.1. The Bertz CT molecular complexity index is 1010. The molecule has 0 saturated carbocycles. The number of anilines is 1.